The van der Waals surface area contributed by atoms with Crippen LogP contribution in [0.2, 0.25) is 0 Å². The Kier molecular flexibility index (Phi) is 5.68. The Balaban J connectivity index is 1.63. The Hall–Kier alpha value is -2.32. The van der Waals surface area contributed by atoms with E-state index in [9.17, 15) is 9.18 Å². The summed E-state index contributed by atoms with van der Waals surface area (Å²) >= 11 is 3.04. The average Bonchev–Trinajstić information content (AvgIpc) is 3.13. The summed E-state index contributed by atoms with van der Waals surface area (Å²) in [6.45, 7) is 2.63. The van der Waals surface area contributed by atoms with Gasteiger partial charge in [0.05, 0.1) is 10.9 Å². The van der Waals surface area contributed by atoms with Gasteiger partial charge in [-0.25, -0.2) is 4.39 Å². The normalized spacial score (nSPS) is 11.5. The predicted octanol–water partition coefficient (Wildman–Crippen LogP) is 4.48. The molecule has 0 amide bonds. The molecular weight excluding hydrogens is 395 g/mol. The number of hydrogen-bond acceptors (Lipinski definition) is 5. The maximum absolute atomic E-state index is 13.7. The van der Waals surface area contributed by atoms with Crippen LogP contribution >= 0.6 is 23.5 Å². The zero-order valence-electron chi connectivity index (χ0n) is 15.3. The van der Waals surface area contributed by atoms with E-state index in [1.165, 1.54) is 17.8 Å². The summed E-state index contributed by atoms with van der Waals surface area (Å²) in [7, 11) is 0. The Labute approximate surface area is 170 Å². The third kappa shape index (κ3) is 3.54. The van der Waals surface area contributed by atoms with E-state index in [4.69, 9.17) is 0 Å². The van der Waals surface area contributed by atoms with Crippen molar-refractivity contribution in [3.8, 4) is 0 Å². The lowest BCUT2D eigenvalue weighted by atomic mass is 10.2. The van der Waals surface area contributed by atoms with Crippen LogP contribution in [0.25, 0.3) is 16.7 Å². The minimum absolute atomic E-state index is 0.0380. The fraction of sp³-hybridized carbons (Fsp3) is 0.250. The van der Waals surface area contributed by atoms with Gasteiger partial charge in [0.15, 0.2) is 5.16 Å². The summed E-state index contributed by atoms with van der Waals surface area (Å²) in [4.78, 5) is 13.5. The van der Waals surface area contributed by atoms with Gasteiger partial charge in [-0.15, -0.1) is 22.0 Å². The van der Waals surface area contributed by atoms with Crippen LogP contribution in [-0.4, -0.2) is 30.7 Å². The highest BCUT2D eigenvalue weighted by Gasteiger charge is 2.16. The standard InChI is InChI=1S/C20H19FN4OS2/c1-2-11-24-18(26)14-7-3-5-9-16(14)25-19(24)22-23-20(25)28-13-12-27-17-10-6-4-8-15(17)21/h3-10H,2,11-13H2,1H3. The highest BCUT2D eigenvalue weighted by Crippen LogP contribution is 2.25. The Bertz CT molecular complexity index is 1190. The molecule has 4 rings (SSSR count). The molecule has 0 aliphatic heterocycles. The molecule has 0 bridgehead atoms. The first-order valence-corrected chi connectivity index (χ1v) is 11.0. The van der Waals surface area contributed by atoms with Gasteiger partial charge in [-0.2, -0.15) is 0 Å². The minimum atomic E-state index is -0.194. The zero-order valence-corrected chi connectivity index (χ0v) is 17.0. The maximum Gasteiger partial charge on any atom is 0.262 e. The number of nitrogens with zero attached hydrogens (tertiary/aromatic N) is 4. The first-order valence-electron chi connectivity index (χ1n) is 9.07. The molecule has 28 heavy (non-hydrogen) atoms. The van der Waals surface area contributed by atoms with Crippen LogP contribution in [0.1, 0.15) is 13.3 Å². The smallest absolute Gasteiger partial charge is 0.262 e. The van der Waals surface area contributed by atoms with Crippen molar-refractivity contribution in [3.05, 3.63) is 64.7 Å². The van der Waals surface area contributed by atoms with Crippen molar-refractivity contribution in [2.24, 2.45) is 0 Å². The van der Waals surface area contributed by atoms with Crippen LogP contribution in [0.4, 0.5) is 4.39 Å². The van der Waals surface area contributed by atoms with E-state index in [2.05, 4.69) is 10.2 Å². The third-order valence-corrected chi connectivity index (χ3v) is 6.57. The molecule has 2 aromatic heterocycles. The summed E-state index contributed by atoms with van der Waals surface area (Å²) in [5.41, 5.74) is 0.771. The predicted molar refractivity (Wildman–Crippen MR) is 113 cm³/mol. The van der Waals surface area contributed by atoms with E-state index in [0.29, 0.717) is 22.6 Å². The van der Waals surface area contributed by atoms with Gasteiger partial charge < -0.3 is 0 Å². The molecule has 0 unspecified atom stereocenters. The Morgan fingerprint density at radius 1 is 1.00 bits per heavy atom. The molecule has 0 saturated carbocycles. The van der Waals surface area contributed by atoms with Crippen molar-refractivity contribution >= 4 is 40.2 Å². The van der Waals surface area contributed by atoms with Gasteiger partial charge in [-0.05, 0) is 30.7 Å². The summed E-state index contributed by atoms with van der Waals surface area (Å²) in [6.07, 6.45) is 0.836. The van der Waals surface area contributed by atoms with Crippen LogP contribution < -0.4 is 5.56 Å². The Morgan fingerprint density at radius 3 is 2.57 bits per heavy atom. The molecule has 0 spiro atoms. The number of fused-ring (bicyclic) bond motifs is 3. The molecule has 2 aromatic carbocycles. The number of aryl methyl sites for hydroxylation is 1. The summed E-state index contributed by atoms with van der Waals surface area (Å²) in [5.74, 6) is 1.86. The van der Waals surface area contributed by atoms with E-state index < -0.39 is 0 Å². The van der Waals surface area contributed by atoms with Crippen molar-refractivity contribution in [1.82, 2.24) is 19.2 Å². The number of rotatable bonds is 7. The number of halogens is 1. The second-order valence-electron chi connectivity index (χ2n) is 6.22. The lowest BCUT2D eigenvalue weighted by Crippen LogP contribution is -2.23. The summed E-state index contributed by atoms with van der Waals surface area (Å²) in [6, 6.07) is 14.3. The second kappa shape index (κ2) is 8.36. The van der Waals surface area contributed by atoms with Crippen LogP contribution in [0.15, 0.2) is 63.4 Å². The monoisotopic (exact) mass is 414 g/mol. The third-order valence-electron chi connectivity index (χ3n) is 4.33. The molecule has 0 fully saturated rings. The highest BCUT2D eigenvalue weighted by molar-refractivity contribution is 8.02. The second-order valence-corrected chi connectivity index (χ2v) is 8.42. The zero-order chi connectivity index (χ0) is 19.5. The largest absolute Gasteiger partial charge is 0.276 e. The molecule has 4 aromatic rings. The molecule has 0 saturated heterocycles. The van der Waals surface area contributed by atoms with E-state index in [1.54, 1.807) is 28.5 Å². The van der Waals surface area contributed by atoms with E-state index in [1.807, 2.05) is 41.7 Å². The molecule has 5 nitrogen and oxygen atoms in total. The van der Waals surface area contributed by atoms with Crippen LogP contribution in [0.5, 0.6) is 0 Å². The van der Waals surface area contributed by atoms with Crippen molar-refractivity contribution in [3.63, 3.8) is 0 Å². The van der Waals surface area contributed by atoms with Gasteiger partial charge >= 0.3 is 0 Å². The molecule has 0 atom stereocenters. The van der Waals surface area contributed by atoms with Crippen LogP contribution in [0.3, 0.4) is 0 Å². The van der Waals surface area contributed by atoms with Gasteiger partial charge in [0, 0.05) is 22.9 Å². The lowest BCUT2D eigenvalue weighted by Gasteiger charge is -2.10. The molecule has 0 aliphatic rings. The van der Waals surface area contributed by atoms with Crippen LogP contribution in [-0.2, 0) is 6.54 Å². The molecule has 0 aliphatic carbocycles. The topological polar surface area (TPSA) is 52.2 Å². The summed E-state index contributed by atoms with van der Waals surface area (Å²) < 4.78 is 17.4. The van der Waals surface area contributed by atoms with Gasteiger partial charge in [0.25, 0.3) is 5.56 Å². The van der Waals surface area contributed by atoms with Gasteiger partial charge in [-0.3, -0.25) is 13.8 Å². The molecule has 0 N–H and O–H groups in total. The number of thioether (sulfide) groups is 2. The van der Waals surface area contributed by atoms with Crippen molar-refractivity contribution in [1.29, 1.82) is 0 Å². The minimum Gasteiger partial charge on any atom is -0.276 e. The van der Waals surface area contributed by atoms with E-state index in [0.717, 1.165) is 28.6 Å². The van der Waals surface area contributed by atoms with Crippen molar-refractivity contribution in [2.75, 3.05) is 11.5 Å². The summed E-state index contributed by atoms with van der Waals surface area (Å²) in [5, 5.41) is 10.0. The van der Waals surface area contributed by atoms with E-state index >= 15 is 0 Å². The van der Waals surface area contributed by atoms with E-state index in [-0.39, 0.29) is 11.4 Å². The average molecular weight is 415 g/mol. The maximum atomic E-state index is 13.7. The SMILES string of the molecule is CCCn1c(=O)c2ccccc2n2c(SCCSc3ccccc3F)nnc12. The number of hydrogen-bond donors (Lipinski definition) is 0. The first-order chi connectivity index (χ1) is 13.7. The number of benzene rings is 2. The fourth-order valence-electron chi connectivity index (χ4n) is 3.10. The highest BCUT2D eigenvalue weighted by atomic mass is 32.2. The van der Waals surface area contributed by atoms with Crippen molar-refractivity contribution < 1.29 is 4.39 Å². The Morgan fingerprint density at radius 2 is 1.75 bits per heavy atom. The molecule has 2 heterocycles. The van der Waals surface area contributed by atoms with Crippen LogP contribution in [0, 0.1) is 5.82 Å². The number of para-hydroxylation sites is 1. The number of aromatic nitrogens is 4. The van der Waals surface area contributed by atoms with Gasteiger partial charge in [0.2, 0.25) is 5.78 Å². The molecular formula is C20H19FN4OS2. The quantitative estimate of drug-likeness (QED) is 0.330. The van der Waals surface area contributed by atoms with Crippen molar-refractivity contribution in [2.45, 2.75) is 29.9 Å². The van der Waals surface area contributed by atoms with Gasteiger partial charge in [0.1, 0.15) is 5.82 Å². The fourth-order valence-corrected chi connectivity index (χ4v) is 4.96. The molecule has 8 heteroatoms. The van der Waals surface area contributed by atoms with Gasteiger partial charge in [-0.1, -0.05) is 43.0 Å². The lowest BCUT2D eigenvalue weighted by molar-refractivity contribution is 0.602. The first kappa shape index (κ1) is 19.0. The molecule has 144 valence electrons. The molecule has 0 radical (unpaired) electrons.